The fourth-order valence-corrected chi connectivity index (χ4v) is 4.25. The highest BCUT2D eigenvalue weighted by molar-refractivity contribution is 7.99. The zero-order valence-electron chi connectivity index (χ0n) is 15.6. The summed E-state index contributed by atoms with van der Waals surface area (Å²) in [4.78, 5) is 18.0. The third kappa shape index (κ3) is 4.17. The first-order valence-corrected chi connectivity index (χ1v) is 10.7. The van der Waals surface area contributed by atoms with Gasteiger partial charge in [0.1, 0.15) is 11.9 Å². The van der Waals surface area contributed by atoms with Gasteiger partial charge >= 0.3 is 0 Å². The predicted molar refractivity (Wildman–Crippen MR) is 114 cm³/mol. The molecule has 1 atom stereocenters. The van der Waals surface area contributed by atoms with Gasteiger partial charge in [0.15, 0.2) is 5.82 Å². The summed E-state index contributed by atoms with van der Waals surface area (Å²) in [5, 5.41) is 13.7. The van der Waals surface area contributed by atoms with Crippen molar-refractivity contribution in [2.75, 3.05) is 11.6 Å². The van der Waals surface area contributed by atoms with Crippen LogP contribution >= 0.6 is 23.1 Å². The fourth-order valence-electron chi connectivity index (χ4n) is 2.88. The highest BCUT2D eigenvalue weighted by Crippen LogP contribution is 2.25. The summed E-state index contributed by atoms with van der Waals surface area (Å²) in [5.41, 5.74) is 0.960. The van der Waals surface area contributed by atoms with Gasteiger partial charge in [0.25, 0.3) is 0 Å². The zero-order chi connectivity index (χ0) is 20.2. The molecule has 29 heavy (non-hydrogen) atoms. The predicted octanol–water partition coefficient (Wildman–Crippen LogP) is 2.45. The van der Waals surface area contributed by atoms with E-state index in [0.29, 0.717) is 11.0 Å². The lowest BCUT2D eigenvalue weighted by Crippen LogP contribution is -2.32. The molecule has 0 saturated heterocycles. The number of carbonyl (C=O) groups excluding carboxylic acids is 1. The Balaban J connectivity index is 1.46. The van der Waals surface area contributed by atoms with Crippen LogP contribution in [0.3, 0.4) is 0 Å². The number of hydrogen-bond donors (Lipinski definition) is 2. The highest BCUT2D eigenvalue weighted by atomic mass is 32.2. The van der Waals surface area contributed by atoms with Crippen LogP contribution in [0.2, 0.25) is 0 Å². The number of amides is 1. The Labute approximate surface area is 175 Å². The number of aromatic nitrogens is 5. The summed E-state index contributed by atoms with van der Waals surface area (Å²) >= 11 is 2.77. The van der Waals surface area contributed by atoms with Crippen molar-refractivity contribution in [3.8, 4) is 10.7 Å². The highest BCUT2D eigenvalue weighted by Gasteiger charge is 2.21. The first-order chi connectivity index (χ1) is 14.1. The maximum absolute atomic E-state index is 12.7. The third-order valence-corrected chi connectivity index (χ3v) is 6.10. The van der Waals surface area contributed by atoms with Crippen molar-refractivity contribution < 1.29 is 4.79 Å². The molecule has 0 radical (unpaired) electrons. The van der Waals surface area contributed by atoms with Crippen molar-refractivity contribution in [3.63, 3.8) is 0 Å². The minimum atomic E-state index is -0.346. The molecule has 0 aliphatic heterocycles. The summed E-state index contributed by atoms with van der Waals surface area (Å²) < 4.78 is 3.31. The zero-order valence-corrected chi connectivity index (χ0v) is 17.2. The van der Waals surface area contributed by atoms with E-state index in [1.54, 1.807) is 6.20 Å². The lowest BCUT2D eigenvalue weighted by atomic mass is 10.1. The molecule has 0 spiro atoms. The molecular weight excluding hydrogens is 406 g/mol. The number of rotatable bonds is 7. The largest absolute Gasteiger partial charge is 0.341 e. The molecule has 3 N–H and O–H groups in total. The van der Waals surface area contributed by atoms with Crippen molar-refractivity contribution in [2.45, 2.75) is 11.2 Å². The number of hydrogen-bond acceptors (Lipinski definition) is 7. The first-order valence-electron chi connectivity index (χ1n) is 8.82. The number of nitrogen functional groups attached to an aromatic ring is 1. The number of benzene rings is 1. The van der Waals surface area contributed by atoms with E-state index in [4.69, 9.17) is 5.84 Å². The monoisotopic (exact) mass is 425 g/mol. The molecule has 1 amide bonds. The van der Waals surface area contributed by atoms with Crippen LogP contribution < -0.4 is 11.2 Å². The van der Waals surface area contributed by atoms with Crippen molar-refractivity contribution in [1.29, 1.82) is 0 Å². The molecule has 0 bridgehead atoms. The van der Waals surface area contributed by atoms with E-state index in [-0.39, 0.29) is 17.7 Å². The summed E-state index contributed by atoms with van der Waals surface area (Å²) in [7, 11) is 1.90. The van der Waals surface area contributed by atoms with Crippen LogP contribution in [0.15, 0.2) is 65.4 Å². The summed E-state index contributed by atoms with van der Waals surface area (Å²) in [5.74, 6) is 7.46. The minimum Gasteiger partial charge on any atom is -0.341 e. The topological polar surface area (TPSA) is 104 Å². The first kappa shape index (κ1) is 19.2. The van der Waals surface area contributed by atoms with Gasteiger partial charge in [-0.2, -0.15) is 0 Å². The van der Waals surface area contributed by atoms with Gasteiger partial charge in [-0.3, -0.25) is 4.79 Å². The standard InChI is InChI=1S/C19H19N7OS2/c1-25-10-9-21-18(25)16(13-6-3-2-4-7-13)22-15(27)12-29-19-24-23-17(26(19)20)14-8-5-11-28-14/h2-11,16H,12,20H2,1H3,(H,22,27). The summed E-state index contributed by atoms with van der Waals surface area (Å²) in [6.45, 7) is 0. The van der Waals surface area contributed by atoms with Crippen LogP contribution in [0.25, 0.3) is 10.7 Å². The number of carbonyl (C=O) groups is 1. The summed E-state index contributed by atoms with van der Waals surface area (Å²) in [6.07, 6.45) is 3.57. The number of aryl methyl sites for hydroxylation is 1. The molecule has 0 aliphatic rings. The molecule has 4 aromatic rings. The van der Waals surface area contributed by atoms with Gasteiger partial charge in [0.2, 0.25) is 11.1 Å². The fraction of sp³-hybridized carbons (Fsp3) is 0.158. The number of nitrogens with zero attached hydrogens (tertiary/aromatic N) is 5. The maximum atomic E-state index is 12.7. The van der Waals surface area contributed by atoms with Gasteiger partial charge in [0.05, 0.1) is 10.6 Å². The maximum Gasteiger partial charge on any atom is 0.231 e. The number of imidazole rings is 1. The molecule has 1 aromatic carbocycles. The van der Waals surface area contributed by atoms with Gasteiger partial charge in [-0.05, 0) is 17.0 Å². The average molecular weight is 426 g/mol. The number of thiophene rings is 1. The van der Waals surface area contributed by atoms with Crippen LogP contribution in [0.5, 0.6) is 0 Å². The van der Waals surface area contributed by atoms with Crippen LogP contribution in [0.4, 0.5) is 0 Å². The van der Waals surface area contributed by atoms with Crippen molar-refractivity contribution in [1.82, 2.24) is 29.7 Å². The molecule has 0 fully saturated rings. The molecule has 8 nitrogen and oxygen atoms in total. The number of thioether (sulfide) groups is 1. The lowest BCUT2D eigenvalue weighted by molar-refractivity contribution is -0.119. The quantitative estimate of drug-likeness (QED) is 0.348. The smallest absolute Gasteiger partial charge is 0.231 e. The van der Waals surface area contributed by atoms with Gasteiger partial charge < -0.3 is 15.7 Å². The van der Waals surface area contributed by atoms with E-state index in [2.05, 4.69) is 20.5 Å². The van der Waals surface area contributed by atoms with Crippen LogP contribution in [-0.4, -0.2) is 36.1 Å². The normalized spacial score (nSPS) is 12.0. The molecule has 1 unspecified atom stereocenters. The van der Waals surface area contributed by atoms with Gasteiger partial charge in [-0.1, -0.05) is 48.2 Å². The Kier molecular flexibility index (Phi) is 5.63. The van der Waals surface area contributed by atoms with E-state index in [0.717, 1.165) is 16.3 Å². The van der Waals surface area contributed by atoms with E-state index < -0.39 is 0 Å². The van der Waals surface area contributed by atoms with Crippen molar-refractivity contribution >= 4 is 29.0 Å². The molecular formula is C19H19N7OS2. The average Bonchev–Trinajstić information content (AvgIpc) is 3.47. The molecule has 10 heteroatoms. The van der Waals surface area contributed by atoms with Gasteiger partial charge in [-0.25, -0.2) is 9.66 Å². The Morgan fingerprint density at radius 1 is 1.24 bits per heavy atom. The van der Waals surface area contributed by atoms with E-state index in [1.165, 1.54) is 27.8 Å². The van der Waals surface area contributed by atoms with Crippen molar-refractivity contribution in [3.05, 3.63) is 71.6 Å². The Morgan fingerprint density at radius 3 is 2.76 bits per heavy atom. The second-order valence-corrected chi connectivity index (χ2v) is 8.14. The van der Waals surface area contributed by atoms with E-state index in [1.807, 2.05) is 65.7 Å². The van der Waals surface area contributed by atoms with E-state index >= 15 is 0 Å². The minimum absolute atomic E-state index is 0.146. The Morgan fingerprint density at radius 2 is 2.07 bits per heavy atom. The number of nitrogens with two attached hydrogens (primary N) is 1. The Bertz CT molecular complexity index is 1090. The third-order valence-electron chi connectivity index (χ3n) is 4.29. The summed E-state index contributed by atoms with van der Waals surface area (Å²) in [6, 6.07) is 13.3. The molecule has 3 heterocycles. The van der Waals surface area contributed by atoms with Crippen LogP contribution in [-0.2, 0) is 11.8 Å². The van der Waals surface area contributed by atoms with E-state index in [9.17, 15) is 4.79 Å². The molecule has 4 rings (SSSR count). The van der Waals surface area contributed by atoms with Crippen LogP contribution in [0, 0.1) is 0 Å². The van der Waals surface area contributed by atoms with Crippen molar-refractivity contribution in [2.24, 2.45) is 7.05 Å². The second kappa shape index (κ2) is 8.50. The molecule has 0 aliphatic carbocycles. The molecule has 3 aromatic heterocycles. The number of nitrogens with one attached hydrogen (secondary N) is 1. The lowest BCUT2D eigenvalue weighted by Gasteiger charge is -2.19. The molecule has 148 valence electrons. The second-order valence-electron chi connectivity index (χ2n) is 6.25. The van der Waals surface area contributed by atoms with Gasteiger partial charge in [0, 0.05) is 19.4 Å². The SMILES string of the molecule is Cn1ccnc1C(NC(=O)CSc1nnc(-c2cccs2)n1N)c1ccccc1. The van der Waals surface area contributed by atoms with Gasteiger partial charge in [-0.15, -0.1) is 21.5 Å². The Hall–Kier alpha value is -3.11. The van der Waals surface area contributed by atoms with Crippen LogP contribution in [0.1, 0.15) is 17.4 Å². The molecule has 0 saturated carbocycles.